The van der Waals surface area contributed by atoms with E-state index in [0.717, 1.165) is 44.3 Å². The number of aromatic nitrogens is 2. The molecule has 2 amide bonds. The molecule has 1 atom stereocenters. The Bertz CT molecular complexity index is 537. The van der Waals surface area contributed by atoms with E-state index in [2.05, 4.69) is 15.3 Å². The maximum atomic E-state index is 12.5. The van der Waals surface area contributed by atoms with Crippen molar-refractivity contribution in [1.82, 2.24) is 20.2 Å². The first kappa shape index (κ1) is 17.3. The number of aryl methyl sites for hydroxylation is 1. The molecule has 7 nitrogen and oxygen atoms in total. The summed E-state index contributed by atoms with van der Waals surface area (Å²) in [7, 11) is 1.67. The van der Waals surface area contributed by atoms with Crippen molar-refractivity contribution in [2.24, 2.45) is 11.1 Å². The van der Waals surface area contributed by atoms with Crippen molar-refractivity contribution in [2.75, 3.05) is 26.7 Å². The Kier molecular flexibility index (Phi) is 6.04. The minimum atomic E-state index is -0.454. The second kappa shape index (κ2) is 8.01. The molecule has 7 heteroatoms. The number of hydrogen-bond donors (Lipinski definition) is 2. The number of nitrogens with one attached hydrogen (secondary N) is 1. The van der Waals surface area contributed by atoms with Crippen molar-refractivity contribution in [1.29, 1.82) is 0 Å². The van der Waals surface area contributed by atoms with Gasteiger partial charge in [-0.2, -0.15) is 0 Å². The molecule has 0 aliphatic carbocycles. The molecule has 0 aromatic carbocycles. The number of amides is 2. The van der Waals surface area contributed by atoms with E-state index in [1.165, 1.54) is 0 Å². The quantitative estimate of drug-likeness (QED) is 0.743. The van der Waals surface area contributed by atoms with Gasteiger partial charge in [0.1, 0.15) is 0 Å². The van der Waals surface area contributed by atoms with E-state index in [0.29, 0.717) is 6.54 Å². The van der Waals surface area contributed by atoms with Gasteiger partial charge in [0.2, 0.25) is 11.8 Å². The third kappa shape index (κ3) is 4.72. The Hall–Kier alpha value is -2.02. The Balaban J connectivity index is 2.00. The minimum Gasteiger partial charge on any atom is -0.369 e. The van der Waals surface area contributed by atoms with Crippen molar-refractivity contribution < 1.29 is 9.59 Å². The van der Waals surface area contributed by atoms with Crippen LogP contribution in [0.2, 0.25) is 0 Å². The summed E-state index contributed by atoms with van der Waals surface area (Å²) in [6, 6.07) is 0. The average molecular weight is 319 g/mol. The standard InChI is InChI=1S/C16H25N5O2/c1-18-15(23)16(5-2-4-13-10-19-7-8-20-13)6-3-9-21(12-16)11-14(17)22/h7-8,10H,2-6,9,11-12H2,1H3,(H2,17,22)(H,18,23). The van der Waals surface area contributed by atoms with Crippen LogP contribution < -0.4 is 11.1 Å². The van der Waals surface area contributed by atoms with Gasteiger partial charge in [-0.15, -0.1) is 0 Å². The molecular weight excluding hydrogens is 294 g/mol. The van der Waals surface area contributed by atoms with E-state index >= 15 is 0 Å². The number of hydrogen-bond acceptors (Lipinski definition) is 5. The topological polar surface area (TPSA) is 101 Å². The van der Waals surface area contributed by atoms with E-state index in [9.17, 15) is 9.59 Å². The van der Waals surface area contributed by atoms with Gasteiger partial charge in [0.25, 0.3) is 0 Å². The number of carbonyl (C=O) groups excluding carboxylic acids is 2. The van der Waals surface area contributed by atoms with Crippen LogP contribution in [0.5, 0.6) is 0 Å². The van der Waals surface area contributed by atoms with Gasteiger partial charge in [0.05, 0.1) is 17.7 Å². The largest absolute Gasteiger partial charge is 0.369 e. The van der Waals surface area contributed by atoms with Crippen LogP contribution in [0.25, 0.3) is 0 Å². The Labute approximate surface area is 136 Å². The number of rotatable bonds is 7. The summed E-state index contributed by atoms with van der Waals surface area (Å²) < 4.78 is 0. The zero-order chi connectivity index (χ0) is 16.7. The summed E-state index contributed by atoms with van der Waals surface area (Å²) in [6.45, 7) is 1.60. The number of carbonyl (C=O) groups is 2. The first-order valence-electron chi connectivity index (χ1n) is 8.03. The van der Waals surface area contributed by atoms with Crippen LogP contribution in [0.15, 0.2) is 18.6 Å². The molecule has 126 valence electrons. The molecule has 2 heterocycles. The van der Waals surface area contributed by atoms with Gasteiger partial charge in [0, 0.05) is 32.2 Å². The van der Waals surface area contributed by atoms with Gasteiger partial charge in [-0.25, -0.2) is 0 Å². The highest BCUT2D eigenvalue weighted by molar-refractivity contribution is 5.83. The maximum Gasteiger partial charge on any atom is 0.231 e. The van der Waals surface area contributed by atoms with E-state index in [1.807, 2.05) is 4.90 Å². The summed E-state index contributed by atoms with van der Waals surface area (Å²) in [5.41, 5.74) is 5.78. The molecule has 0 saturated carbocycles. The zero-order valence-corrected chi connectivity index (χ0v) is 13.6. The molecule has 2 rings (SSSR count). The first-order valence-corrected chi connectivity index (χ1v) is 8.03. The maximum absolute atomic E-state index is 12.5. The van der Waals surface area contributed by atoms with Crippen molar-refractivity contribution in [3.63, 3.8) is 0 Å². The van der Waals surface area contributed by atoms with Crippen molar-refractivity contribution in [3.05, 3.63) is 24.3 Å². The summed E-state index contributed by atoms with van der Waals surface area (Å²) in [4.78, 5) is 34.0. The monoisotopic (exact) mass is 319 g/mol. The van der Waals surface area contributed by atoms with Gasteiger partial charge < -0.3 is 11.1 Å². The molecule has 3 N–H and O–H groups in total. The van der Waals surface area contributed by atoms with Crippen molar-refractivity contribution >= 4 is 11.8 Å². The molecule has 0 spiro atoms. The molecule has 1 fully saturated rings. The van der Waals surface area contributed by atoms with Gasteiger partial charge in [-0.05, 0) is 38.6 Å². The van der Waals surface area contributed by atoms with Crippen LogP contribution in [0, 0.1) is 5.41 Å². The van der Waals surface area contributed by atoms with E-state index in [4.69, 9.17) is 5.73 Å². The molecule has 0 bridgehead atoms. The highest BCUT2D eigenvalue weighted by atomic mass is 16.2. The smallest absolute Gasteiger partial charge is 0.231 e. The van der Waals surface area contributed by atoms with E-state index in [1.54, 1.807) is 25.6 Å². The molecular formula is C16H25N5O2. The average Bonchev–Trinajstić information content (AvgIpc) is 2.54. The van der Waals surface area contributed by atoms with Crippen LogP contribution >= 0.6 is 0 Å². The number of primary amides is 1. The SMILES string of the molecule is CNC(=O)C1(CCCc2cnccn2)CCCN(CC(N)=O)C1. The molecule has 23 heavy (non-hydrogen) atoms. The number of piperidine rings is 1. The lowest BCUT2D eigenvalue weighted by molar-refractivity contribution is -0.136. The fourth-order valence-electron chi connectivity index (χ4n) is 3.42. The van der Waals surface area contributed by atoms with Crippen LogP contribution in [-0.4, -0.2) is 53.4 Å². The zero-order valence-electron chi connectivity index (χ0n) is 13.6. The Morgan fingerprint density at radius 1 is 1.43 bits per heavy atom. The fraction of sp³-hybridized carbons (Fsp3) is 0.625. The predicted octanol–water partition coefficient (Wildman–Crippen LogP) is 0.113. The number of nitrogens with zero attached hydrogens (tertiary/aromatic N) is 3. The molecule has 1 aliphatic heterocycles. The lowest BCUT2D eigenvalue weighted by atomic mass is 9.75. The van der Waals surface area contributed by atoms with Crippen LogP contribution in [0.4, 0.5) is 0 Å². The lowest BCUT2D eigenvalue weighted by Crippen LogP contribution is -2.52. The minimum absolute atomic E-state index is 0.0471. The van der Waals surface area contributed by atoms with E-state index < -0.39 is 5.41 Å². The molecule has 1 saturated heterocycles. The number of likely N-dealkylation sites (tertiary alicyclic amines) is 1. The summed E-state index contributed by atoms with van der Waals surface area (Å²) in [5.74, 6) is -0.303. The molecule has 1 aromatic heterocycles. The highest BCUT2D eigenvalue weighted by Gasteiger charge is 2.41. The fourth-order valence-corrected chi connectivity index (χ4v) is 3.42. The Morgan fingerprint density at radius 3 is 2.91 bits per heavy atom. The van der Waals surface area contributed by atoms with Crippen molar-refractivity contribution in [2.45, 2.75) is 32.1 Å². The Morgan fingerprint density at radius 2 is 2.26 bits per heavy atom. The normalized spacial score (nSPS) is 21.8. The van der Waals surface area contributed by atoms with Gasteiger partial charge >= 0.3 is 0 Å². The summed E-state index contributed by atoms with van der Waals surface area (Å²) in [5, 5.41) is 2.79. The van der Waals surface area contributed by atoms with Crippen LogP contribution in [0.3, 0.4) is 0 Å². The summed E-state index contributed by atoms with van der Waals surface area (Å²) in [6.07, 6.45) is 9.23. The second-order valence-corrected chi connectivity index (χ2v) is 6.19. The second-order valence-electron chi connectivity index (χ2n) is 6.19. The van der Waals surface area contributed by atoms with E-state index in [-0.39, 0.29) is 18.4 Å². The molecule has 1 aromatic rings. The first-order chi connectivity index (χ1) is 11.1. The third-order valence-corrected chi connectivity index (χ3v) is 4.45. The lowest BCUT2D eigenvalue weighted by Gasteiger charge is -2.41. The van der Waals surface area contributed by atoms with Gasteiger partial charge in [-0.3, -0.25) is 24.5 Å². The van der Waals surface area contributed by atoms with Crippen LogP contribution in [-0.2, 0) is 16.0 Å². The predicted molar refractivity (Wildman–Crippen MR) is 86.3 cm³/mol. The molecule has 1 unspecified atom stereocenters. The molecule has 1 aliphatic rings. The van der Waals surface area contributed by atoms with Crippen molar-refractivity contribution in [3.8, 4) is 0 Å². The van der Waals surface area contributed by atoms with Gasteiger partial charge in [0.15, 0.2) is 0 Å². The summed E-state index contributed by atoms with van der Waals surface area (Å²) >= 11 is 0. The van der Waals surface area contributed by atoms with Gasteiger partial charge in [-0.1, -0.05) is 0 Å². The third-order valence-electron chi connectivity index (χ3n) is 4.45. The van der Waals surface area contributed by atoms with Crippen LogP contribution in [0.1, 0.15) is 31.4 Å². The molecule has 0 radical (unpaired) electrons. The number of nitrogens with two attached hydrogens (primary N) is 1. The highest BCUT2D eigenvalue weighted by Crippen LogP contribution is 2.35.